The van der Waals surface area contributed by atoms with E-state index in [1.165, 1.54) is 23.5 Å². The van der Waals surface area contributed by atoms with Crippen LogP contribution >= 0.6 is 0 Å². The van der Waals surface area contributed by atoms with Crippen LogP contribution in [0.4, 0.5) is 4.39 Å². The van der Waals surface area contributed by atoms with Crippen LogP contribution in [0.5, 0.6) is 11.6 Å². The van der Waals surface area contributed by atoms with E-state index in [0.717, 1.165) is 16.8 Å². The monoisotopic (exact) mass is 417 g/mol. The van der Waals surface area contributed by atoms with Crippen molar-refractivity contribution in [1.29, 1.82) is 0 Å². The van der Waals surface area contributed by atoms with E-state index in [-0.39, 0.29) is 29.8 Å². The number of aromatic nitrogens is 2. The van der Waals surface area contributed by atoms with Gasteiger partial charge in [-0.25, -0.2) is 12.8 Å². The quantitative estimate of drug-likeness (QED) is 0.635. The van der Waals surface area contributed by atoms with Gasteiger partial charge in [0.05, 0.1) is 13.3 Å². The molecule has 0 unspecified atom stereocenters. The van der Waals surface area contributed by atoms with E-state index in [1.807, 2.05) is 24.3 Å². The van der Waals surface area contributed by atoms with Crippen LogP contribution in [0.25, 0.3) is 10.8 Å². The molecular formula is C20H20FN3O4S. The molecule has 1 fully saturated rings. The molecule has 1 aliphatic rings. The summed E-state index contributed by atoms with van der Waals surface area (Å²) in [7, 11) is -2.51. The van der Waals surface area contributed by atoms with E-state index in [2.05, 4.69) is 10.2 Å². The van der Waals surface area contributed by atoms with Crippen molar-refractivity contribution in [2.24, 2.45) is 0 Å². The van der Waals surface area contributed by atoms with Crippen molar-refractivity contribution in [3.63, 3.8) is 0 Å². The van der Waals surface area contributed by atoms with Crippen molar-refractivity contribution >= 4 is 20.8 Å². The van der Waals surface area contributed by atoms with Gasteiger partial charge in [-0.1, -0.05) is 18.2 Å². The van der Waals surface area contributed by atoms with Gasteiger partial charge in [0.15, 0.2) is 0 Å². The second-order valence-electron chi connectivity index (χ2n) is 6.75. The van der Waals surface area contributed by atoms with Crippen molar-refractivity contribution < 1.29 is 22.3 Å². The molecule has 1 aromatic heterocycles. The first-order valence-electron chi connectivity index (χ1n) is 9.20. The van der Waals surface area contributed by atoms with E-state index in [9.17, 15) is 12.8 Å². The lowest BCUT2D eigenvalue weighted by Crippen LogP contribution is -2.41. The summed E-state index contributed by atoms with van der Waals surface area (Å²) >= 11 is 0. The number of nitrogens with zero attached hydrogens (tertiary/aromatic N) is 3. The molecule has 2 heterocycles. The third kappa shape index (κ3) is 3.88. The number of methoxy groups -OCH3 is 1. The summed E-state index contributed by atoms with van der Waals surface area (Å²) in [5.41, 5.74) is 0. The first-order valence-corrected chi connectivity index (χ1v) is 10.6. The third-order valence-electron chi connectivity index (χ3n) is 4.96. The molecule has 3 aromatic rings. The second kappa shape index (κ2) is 7.92. The van der Waals surface area contributed by atoms with Gasteiger partial charge in [0.1, 0.15) is 22.6 Å². The molecule has 4 rings (SSSR count). The van der Waals surface area contributed by atoms with Gasteiger partial charge in [0.2, 0.25) is 15.9 Å². The summed E-state index contributed by atoms with van der Waals surface area (Å²) in [6.07, 6.45) is 2.46. The molecule has 152 valence electrons. The van der Waals surface area contributed by atoms with Gasteiger partial charge in [-0.2, -0.15) is 9.40 Å². The Morgan fingerprint density at radius 2 is 1.90 bits per heavy atom. The molecule has 0 atom stereocenters. The molecule has 0 N–H and O–H groups in total. The molecule has 0 radical (unpaired) electrons. The fourth-order valence-corrected chi connectivity index (χ4v) is 5.07. The number of sulfonamides is 1. The Labute approximate surface area is 168 Å². The molecule has 29 heavy (non-hydrogen) atoms. The molecule has 0 aliphatic carbocycles. The highest BCUT2D eigenvalue weighted by Crippen LogP contribution is 2.30. The number of halogens is 1. The van der Waals surface area contributed by atoms with E-state index < -0.39 is 15.8 Å². The van der Waals surface area contributed by atoms with E-state index >= 15 is 0 Å². The Morgan fingerprint density at radius 3 is 2.66 bits per heavy atom. The molecule has 7 nitrogen and oxygen atoms in total. The minimum Gasteiger partial charge on any atom is -0.495 e. The molecule has 9 heteroatoms. The van der Waals surface area contributed by atoms with Crippen LogP contribution < -0.4 is 9.47 Å². The summed E-state index contributed by atoms with van der Waals surface area (Å²) in [5.74, 6) is -0.0656. The minimum absolute atomic E-state index is 0.121. The number of hydrogen-bond acceptors (Lipinski definition) is 6. The molecule has 0 spiro atoms. The number of benzene rings is 2. The lowest BCUT2D eigenvalue weighted by atomic mass is 10.1. The van der Waals surface area contributed by atoms with Crippen LogP contribution in [0.2, 0.25) is 0 Å². The van der Waals surface area contributed by atoms with Crippen molar-refractivity contribution in [2.45, 2.75) is 23.8 Å². The van der Waals surface area contributed by atoms with E-state index in [0.29, 0.717) is 18.7 Å². The van der Waals surface area contributed by atoms with Crippen LogP contribution in [0.3, 0.4) is 0 Å². The zero-order valence-electron chi connectivity index (χ0n) is 15.8. The number of hydrogen-bond donors (Lipinski definition) is 0. The summed E-state index contributed by atoms with van der Waals surface area (Å²) in [5, 5.41) is 9.84. The van der Waals surface area contributed by atoms with Gasteiger partial charge < -0.3 is 9.47 Å². The smallest absolute Gasteiger partial charge is 0.246 e. The van der Waals surface area contributed by atoms with Crippen molar-refractivity contribution in [3.05, 3.63) is 54.5 Å². The summed E-state index contributed by atoms with van der Waals surface area (Å²) in [6.45, 7) is 0.510. The molecule has 1 aliphatic heterocycles. The summed E-state index contributed by atoms with van der Waals surface area (Å²) < 4.78 is 52.0. The largest absolute Gasteiger partial charge is 0.495 e. The fourth-order valence-electron chi connectivity index (χ4n) is 3.43. The summed E-state index contributed by atoms with van der Waals surface area (Å²) in [4.78, 5) is -0.167. The second-order valence-corrected chi connectivity index (χ2v) is 8.66. The normalized spacial score (nSPS) is 16.1. The number of ether oxygens (including phenoxy) is 2. The minimum atomic E-state index is -3.87. The maximum absolute atomic E-state index is 13.6. The topological polar surface area (TPSA) is 81.6 Å². The highest BCUT2D eigenvalue weighted by Gasteiger charge is 2.32. The highest BCUT2D eigenvalue weighted by atomic mass is 32.2. The Balaban J connectivity index is 1.49. The van der Waals surface area contributed by atoms with Gasteiger partial charge in [0, 0.05) is 23.9 Å². The van der Waals surface area contributed by atoms with Crippen molar-refractivity contribution in [3.8, 4) is 11.6 Å². The molecule has 0 saturated carbocycles. The van der Waals surface area contributed by atoms with Gasteiger partial charge in [-0.15, -0.1) is 5.10 Å². The average molecular weight is 417 g/mol. The zero-order chi connectivity index (χ0) is 20.4. The highest BCUT2D eigenvalue weighted by molar-refractivity contribution is 7.89. The average Bonchev–Trinajstić information content (AvgIpc) is 2.74. The lowest BCUT2D eigenvalue weighted by Gasteiger charge is -2.31. The van der Waals surface area contributed by atoms with Gasteiger partial charge in [0.25, 0.3) is 0 Å². The van der Waals surface area contributed by atoms with Crippen LogP contribution in [0.15, 0.2) is 53.6 Å². The van der Waals surface area contributed by atoms with Crippen LogP contribution in [-0.4, -0.2) is 49.2 Å². The van der Waals surface area contributed by atoms with Crippen molar-refractivity contribution in [2.75, 3.05) is 20.2 Å². The number of fused-ring (bicyclic) bond motifs is 1. The molecular weight excluding hydrogens is 397 g/mol. The van der Waals surface area contributed by atoms with Crippen molar-refractivity contribution in [1.82, 2.24) is 14.5 Å². The molecule has 0 bridgehead atoms. The molecule has 0 amide bonds. The zero-order valence-corrected chi connectivity index (χ0v) is 16.6. The van der Waals surface area contributed by atoms with Crippen LogP contribution in [0.1, 0.15) is 12.8 Å². The maximum atomic E-state index is 13.6. The predicted molar refractivity (Wildman–Crippen MR) is 105 cm³/mol. The first kappa shape index (κ1) is 19.5. The molecule has 1 saturated heterocycles. The van der Waals surface area contributed by atoms with Gasteiger partial charge in [-0.3, -0.25) is 0 Å². The standard InChI is InChI=1S/C20H20FN3O4S/c1-27-18-7-6-15(21)12-19(18)29(25,26)24-10-8-16(9-11-24)28-20-17-5-3-2-4-14(17)13-22-23-20/h2-7,12-13,16H,8-11H2,1H3. The fraction of sp³-hybridized carbons (Fsp3) is 0.300. The van der Waals surface area contributed by atoms with Crippen LogP contribution in [-0.2, 0) is 10.0 Å². The Morgan fingerprint density at radius 1 is 1.14 bits per heavy atom. The SMILES string of the molecule is COc1ccc(F)cc1S(=O)(=O)N1CCC(Oc2nncc3ccccc23)CC1. The molecule has 2 aromatic carbocycles. The van der Waals surface area contributed by atoms with Gasteiger partial charge >= 0.3 is 0 Å². The van der Waals surface area contributed by atoms with Crippen LogP contribution in [0, 0.1) is 5.82 Å². The number of piperidine rings is 1. The Bertz CT molecular complexity index is 1130. The Hall–Kier alpha value is -2.78. The number of rotatable bonds is 5. The summed E-state index contributed by atoms with van der Waals surface area (Å²) in [6, 6.07) is 11.1. The first-order chi connectivity index (χ1) is 14.0. The maximum Gasteiger partial charge on any atom is 0.246 e. The third-order valence-corrected chi connectivity index (χ3v) is 6.88. The van der Waals surface area contributed by atoms with Gasteiger partial charge in [-0.05, 0) is 37.1 Å². The predicted octanol–water partition coefficient (Wildman–Crippen LogP) is 3.01. The van der Waals surface area contributed by atoms with E-state index in [1.54, 1.807) is 6.20 Å². The van der Waals surface area contributed by atoms with E-state index in [4.69, 9.17) is 9.47 Å². The lowest BCUT2D eigenvalue weighted by molar-refractivity contribution is 0.130. The Kier molecular flexibility index (Phi) is 5.33.